The van der Waals surface area contributed by atoms with E-state index in [0.29, 0.717) is 25.2 Å². The van der Waals surface area contributed by atoms with Crippen LogP contribution in [0.1, 0.15) is 18.9 Å². The number of nitrogens with zero attached hydrogens (tertiary/aromatic N) is 1. The van der Waals surface area contributed by atoms with Crippen molar-refractivity contribution in [2.24, 2.45) is 11.1 Å². The Kier molecular flexibility index (Phi) is 7.07. The molecule has 8 heteroatoms. The van der Waals surface area contributed by atoms with Gasteiger partial charge in [-0.2, -0.15) is 0 Å². The summed E-state index contributed by atoms with van der Waals surface area (Å²) in [5.41, 5.74) is 6.30. The third kappa shape index (κ3) is 5.74. The maximum Gasteiger partial charge on any atom is 0.237 e. The lowest BCUT2D eigenvalue weighted by Crippen LogP contribution is -2.37. The Balaban J connectivity index is 0.00000264. The summed E-state index contributed by atoms with van der Waals surface area (Å²) in [5.74, 6) is -0.896. The molecule has 0 aromatic heterocycles. The van der Waals surface area contributed by atoms with Gasteiger partial charge in [-0.05, 0) is 36.1 Å². The first-order valence-corrected chi connectivity index (χ1v) is 9.77. The van der Waals surface area contributed by atoms with E-state index in [9.17, 15) is 13.2 Å². The van der Waals surface area contributed by atoms with Crippen molar-refractivity contribution in [2.75, 3.05) is 25.4 Å². The van der Waals surface area contributed by atoms with Gasteiger partial charge in [0.25, 0.3) is 0 Å². The molecule has 1 aliphatic heterocycles. The minimum atomic E-state index is -3.48. The van der Waals surface area contributed by atoms with Crippen LogP contribution in [0.15, 0.2) is 28.7 Å². The van der Waals surface area contributed by atoms with E-state index in [-0.39, 0.29) is 29.5 Å². The molecule has 0 radical (unpaired) electrons. The highest BCUT2D eigenvalue weighted by Crippen LogP contribution is 2.28. The number of nitrogens with two attached hydrogens (primary N) is 1. The lowest BCUT2D eigenvalue weighted by atomic mass is 9.90. The third-order valence-electron chi connectivity index (χ3n) is 4.02. The number of likely N-dealkylation sites (tertiary alicyclic amines) is 1. The van der Waals surface area contributed by atoms with Crippen LogP contribution in [0, 0.1) is 5.41 Å². The molecule has 2 rings (SSSR count). The maximum absolute atomic E-state index is 12.2. The summed E-state index contributed by atoms with van der Waals surface area (Å²) in [6, 6.07) is 7.11. The molecule has 1 amide bonds. The maximum atomic E-state index is 12.2. The lowest BCUT2D eigenvalue weighted by Gasteiger charge is -2.22. The average Bonchev–Trinajstić information content (AvgIpc) is 2.81. The summed E-state index contributed by atoms with van der Waals surface area (Å²) in [7, 11) is -3.48. The lowest BCUT2D eigenvalue weighted by molar-refractivity contribution is -0.127. The number of sulfone groups is 1. The summed E-state index contributed by atoms with van der Waals surface area (Å²) < 4.78 is 25.3. The second-order valence-corrected chi connectivity index (χ2v) is 9.22. The van der Waals surface area contributed by atoms with E-state index in [0.717, 1.165) is 10.9 Å². The Morgan fingerprint density at radius 3 is 2.70 bits per heavy atom. The average molecular weight is 426 g/mol. The molecule has 5 nitrogen and oxygen atoms in total. The van der Waals surface area contributed by atoms with Crippen LogP contribution in [0.25, 0.3) is 0 Å². The van der Waals surface area contributed by atoms with Crippen molar-refractivity contribution in [1.29, 1.82) is 0 Å². The normalized spacial score (nSPS) is 21.1. The quantitative estimate of drug-likeness (QED) is 0.782. The Labute approximate surface area is 152 Å². The third-order valence-corrected chi connectivity index (χ3v) is 5.98. The van der Waals surface area contributed by atoms with Crippen LogP contribution in [-0.2, 0) is 20.4 Å². The standard InChI is InChI=1S/C15H21BrN2O3S.ClH/c1-15(10-17)5-6-18(11-15)14(19)9-22(20,21)8-12-3-2-4-13(16)7-12;/h2-4,7H,5-6,8-11,17H2,1H3;1H. The molecule has 1 fully saturated rings. The summed E-state index contributed by atoms with van der Waals surface area (Å²) in [5, 5.41) is 0. The number of rotatable bonds is 5. The van der Waals surface area contributed by atoms with E-state index in [1.54, 1.807) is 23.1 Å². The van der Waals surface area contributed by atoms with Gasteiger partial charge in [-0.1, -0.05) is 35.0 Å². The molecule has 1 aromatic rings. The van der Waals surface area contributed by atoms with Crippen molar-refractivity contribution in [3.63, 3.8) is 0 Å². The van der Waals surface area contributed by atoms with Crippen molar-refractivity contribution in [1.82, 2.24) is 4.90 Å². The second-order valence-electron chi connectivity index (χ2n) is 6.24. The monoisotopic (exact) mass is 424 g/mol. The summed E-state index contributed by atoms with van der Waals surface area (Å²) in [6.07, 6.45) is 0.820. The van der Waals surface area contributed by atoms with Crippen LogP contribution < -0.4 is 5.73 Å². The molecule has 1 saturated heterocycles. The fraction of sp³-hybridized carbons (Fsp3) is 0.533. The molecular formula is C15H22BrClN2O3S. The van der Waals surface area contributed by atoms with Crippen LogP contribution in [0.3, 0.4) is 0 Å². The molecule has 1 unspecified atom stereocenters. The summed E-state index contributed by atoms with van der Waals surface area (Å²) >= 11 is 3.31. The van der Waals surface area contributed by atoms with Crippen LogP contribution in [0.4, 0.5) is 0 Å². The van der Waals surface area contributed by atoms with Crippen LogP contribution >= 0.6 is 28.3 Å². The first-order chi connectivity index (χ1) is 10.2. The number of hydrogen-bond acceptors (Lipinski definition) is 4. The minimum Gasteiger partial charge on any atom is -0.341 e. The summed E-state index contributed by atoms with van der Waals surface area (Å²) in [4.78, 5) is 13.8. The van der Waals surface area contributed by atoms with E-state index in [1.807, 2.05) is 13.0 Å². The molecule has 1 aliphatic rings. The molecule has 0 saturated carbocycles. The predicted octanol–water partition coefficient (Wildman–Crippen LogP) is 1.98. The van der Waals surface area contributed by atoms with Crippen LogP contribution in [-0.4, -0.2) is 44.6 Å². The number of carbonyl (C=O) groups is 1. The van der Waals surface area contributed by atoms with Gasteiger partial charge in [0, 0.05) is 17.6 Å². The summed E-state index contributed by atoms with van der Waals surface area (Å²) in [6.45, 7) is 3.64. The van der Waals surface area contributed by atoms with E-state index in [2.05, 4.69) is 15.9 Å². The van der Waals surface area contributed by atoms with Gasteiger partial charge in [-0.15, -0.1) is 12.4 Å². The minimum absolute atomic E-state index is 0. The smallest absolute Gasteiger partial charge is 0.237 e. The predicted molar refractivity (Wildman–Crippen MR) is 97.2 cm³/mol. The van der Waals surface area contributed by atoms with Crippen molar-refractivity contribution >= 4 is 44.1 Å². The molecule has 130 valence electrons. The van der Waals surface area contributed by atoms with Gasteiger partial charge in [0.2, 0.25) is 5.91 Å². The number of benzene rings is 1. The van der Waals surface area contributed by atoms with Gasteiger partial charge in [0.05, 0.1) is 5.75 Å². The van der Waals surface area contributed by atoms with Crippen LogP contribution in [0.5, 0.6) is 0 Å². The molecule has 0 bridgehead atoms. The molecule has 2 N–H and O–H groups in total. The van der Waals surface area contributed by atoms with Crippen molar-refractivity contribution in [3.8, 4) is 0 Å². The van der Waals surface area contributed by atoms with Crippen molar-refractivity contribution < 1.29 is 13.2 Å². The van der Waals surface area contributed by atoms with Crippen LogP contribution in [0.2, 0.25) is 0 Å². The first-order valence-electron chi connectivity index (χ1n) is 7.16. The zero-order valence-corrected chi connectivity index (χ0v) is 16.2. The Hall–Kier alpha value is -0.630. The van der Waals surface area contributed by atoms with Gasteiger partial charge in [0.15, 0.2) is 9.84 Å². The Morgan fingerprint density at radius 1 is 1.43 bits per heavy atom. The second kappa shape index (κ2) is 7.96. The Morgan fingerprint density at radius 2 is 2.13 bits per heavy atom. The molecule has 1 heterocycles. The van der Waals surface area contributed by atoms with Crippen molar-refractivity contribution in [3.05, 3.63) is 34.3 Å². The van der Waals surface area contributed by atoms with Gasteiger partial charge < -0.3 is 10.6 Å². The molecular weight excluding hydrogens is 404 g/mol. The number of carbonyl (C=O) groups excluding carboxylic acids is 1. The zero-order valence-electron chi connectivity index (χ0n) is 13.0. The van der Waals surface area contributed by atoms with E-state index in [4.69, 9.17) is 5.73 Å². The topological polar surface area (TPSA) is 80.5 Å². The molecule has 0 spiro atoms. The van der Waals surface area contributed by atoms with Crippen molar-refractivity contribution in [2.45, 2.75) is 19.1 Å². The van der Waals surface area contributed by atoms with Gasteiger partial charge in [-0.3, -0.25) is 4.79 Å². The van der Waals surface area contributed by atoms with Gasteiger partial charge in [-0.25, -0.2) is 8.42 Å². The van der Waals surface area contributed by atoms with Gasteiger partial charge >= 0.3 is 0 Å². The van der Waals surface area contributed by atoms with E-state index >= 15 is 0 Å². The van der Waals surface area contributed by atoms with E-state index < -0.39 is 15.6 Å². The Bertz CT molecular complexity index is 668. The largest absolute Gasteiger partial charge is 0.341 e. The fourth-order valence-electron chi connectivity index (χ4n) is 2.61. The first kappa shape index (κ1) is 20.4. The van der Waals surface area contributed by atoms with Gasteiger partial charge in [0.1, 0.15) is 5.75 Å². The molecule has 1 aromatic carbocycles. The fourth-order valence-corrected chi connectivity index (χ4v) is 4.41. The number of halogens is 2. The number of amides is 1. The highest BCUT2D eigenvalue weighted by atomic mass is 79.9. The number of hydrogen-bond donors (Lipinski definition) is 1. The zero-order chi connectivity index (χ0) is 16.4. The molecule has 23 heavy (non-hydrogen) atoms. The highest BCUT2D eigenvalue weighted by molar-refractivity contribution is 9.10. The highest BCUT2D eigenvalue weighted by Gasteiger charge is 2.35. The SMILES string of the molecule is CC1(CN)CCN(C(=O)CS(=O)(=O)Cc2cccc(Br)c2)C1.Cl. The molecule has 0 aliphatic carbocycles. The van der Waals surface area contributed by atoms with E-state index in [1.165, 1.54) is 0 Å². The molecule has 1 atom stereocenters.